The van der Waals surface area contributed by atoms with Crippen LogP contribution in [0.4, 0.5) is 10.1 Å². The number of ether oxygens (including phenoxy) is 2. The van der Waals surface area contributed by atoms with Crippen molar-refractivity contribution in [2.24, 2.45) is 4.99 Å². The van der Waals surface area contributed by atoms with Crippen LogP contribution in [0.2, 0.25) is 0 Å². The van der Waals surface area contributed by atoms with E-state index in [-0.39, 0.29) is 28.6 Å². The summed E-state index contributed by atoms with van der Waals surface area (Å²) in [6.45, 7) is 0. The summed E-state index contributed by atoms with van der Waals surface area (Å²) in [5.74, 6) is -1.82. The van der Waals surface area contributed by atoms with Crippen LogP contribution >= 0.6 is 0 Å². The average molecular weight is 432 g/mol. The monoisotopic (exact) mass is 432 g/mol. The summed E-state index contributed by atoms with van der Waals surface area (Å²) in [6.07, 6.45) is 1.43. The quantitative estimate of drug-likeness (QED) is 0.196. The SMILES string of the molecule is O=C1OC(c2cccc(F)c2)=NC1=Cc1cccc(OC(=O)c2cccc([N+](=O)[O-])c2)c1. The van der Waals surface area contributed by atoms with Gasteiger partial charge in [0.05, 0.1) is 10.5 Å². The van der Waals surface area contributed by atoms with Crippen LogP contribution in [-0.4, -0.2) is 22.8 Å². The molecule has 0 bridgehead atoms. The summed E-state index contributed by atoms with van der Waals surface area (Å²) >= 11 is 0. The Bertz CT molecular complexity index is 1320. The molecule has 3 aromatic carbocycles. The van der Waals surface area contributed by atoms with Crippen molar-refractivity contribution in [1.29, 1.82) is 0 Å². The zero-order valence-electron chi connectivity index (χ0n) is 16.2. The van der Waals surface area contributed by atoms with Crippen molar-refractivity contribution < 1.29 is 28.4 Å². The van der Waals surface area contributed by atoms with Gasteiger partial charge in [-0.15, -0.1) is 0 Å². The van der Waals surface area contributed by atoms with E-state index in [4.69, 9.17) is 9.47 Å². The fraction of sp³-hybridized carbons (Fsp3) is 0. The lowest BCUT2D eigenvalue weighted by atomic mass is 10.1. The summed E-state index contributed by atoms with van der Waals surface area (Å²) in [7, 11) is 0. The van der Waals surface area contributed by atoms with Crippen molar-refractivity contribution >= 4 is 29.6 Å². The molecule has 0 aliphatic carbocycles. The van der Waals surface area contributed by atoms with Crippen LogP contribution in [0, 0.1) is 15.9 Å². The number of hydrogen-bond donors (Lipinski definition) is 0. The molecule has 32 heavy (non-hydrogen) atoms. The Morgan fingerprint density at radius 2 is 1.84 bits per heavy atom. The number of halogens is 1. The Morgan fingerprint density at radius 1 is 1.06 bits per heavy atom. The first-order chi connectivity index (χ1) is 15.4. The third-order valence-electron chi connectivity index (χ3n) is 4.36. The molecule has 0 saturated carbocycles. The van der Waals surface area contributed by atoms with Crippen LogP contribution < -0.4 is 4.74 Å². The third-order valence-corrected chi connectivity index (χ3v) is 4.36. The summed E-state index contributed by atoms with van der Waals surface area (Å²) in [4.78, 5) is 38.9. The van der Waals surface area contributed by atoms with Crippen LogP contribution in [0.5, 0.6) is 5.75 Å². The molecule has 8 nitrogen and oxygen atoms in total. The highest BCUT2D eigenvalue weighted by molar-refractivity contribution is 6.12. The molecular weight excluding hydrogens is 419 g/mol. The summed E-state index contributed by atoms with van der Waals surface area (Å²) in [5.41, 5.74) is 0.592. The molecule has 1 aliphatic rings. The first kappa shape index (κ1) is 20.6. The van der Waals surface area contributed by atoms with E-state index in [1.807, 2.05) is 0 Å². The number of nitro benzene ring substituents is 1. The number of nitro groups is 1. The van der Waals surface area contributed by atoms with Gasteiger partial charge in [-0.3, -0.25) is 10.1 Å². The Balaban J connectivity index is 1.55. The van der Waals surface area contributed by atoms with Gasteiger partial charge in [0.15, 0.2) is 5.70 Å². The van der Waals surface area contributed by atoms with Crippen molar-refractivity contribution in [2.45, 2.75) is 0 Å². The molecule has 3 aromatic rings. The highest BCUT2D eigenvalue weighted by atomic mass is 19.1. The maximum Gasteiger partial charge on any atom is 0.363 e. The number of aliphatic imine (C=N–C) groups is 1. The molecule has 1 aliphatic heterocycles. The molecule has 4 rings (SSSR count). The molecule has 0 atom stereocenters. The Hall–Kier alpha value is -4.66. The molecule has 0 N–H and O–H groups in total. The van der Waals surface area contributed by atoms with Crippen LogP contribution in [0.3, 0.4) is 0 Å². The number of hydrogen-bond acceptors (Lipinski definition) is 7. The number of benzene rings is 3. The van der Waals surface area contributed by atoms with Gasteiger partial charge in [0.25, 0.3) is 5.69 Å². The molecule has 1 heterocycles. The first-order valence-corrected chi connectivity index (χ1v) is 9.24. The zero-order valence-corrected chi connectivity index (χ0v) is 16.2. The highest BCUT2D eigenvalue weighted by Crippen LogP contribution is 2.23. The Morgan fingerprint density at radius 3 is 2.62 bits per heavy atom. The van der Waals surface area contributed by atoms with E-state index in [1.165, 1.54) is 54.6 Å². The smallest absolute Gasteiger partial charge is 0.363 e. The summed E-state index contributed by atoms with van der Waals surface area (Å²) in [6, 6.07) is 16.9. The highest BCUT2D eigenvalue weighted by Gasteiger charge is 2.24. The normalized spacial score (nSPS) is 14.1. The van der Waals surface area contributed by atoms with Crippen molar-refractivity contribution in [3.05, 3.63) is 111 Å². The van der Waals surface area contributed by atoms with Crippen LogP contribution in [0.15, 0.2) is 83.5 Å². The fourth-order valence-corrected chi connectivity index (χ4v) is 2.89. The zero-order chi connectivity index (χ0) is 22.7. The molecule has 0 unspecified atom stereocenters. The summed E-state index contributed by atoms with van der Waals surface area (Å²) < 4.78 is 23.8. The Kier molecular flexibility index (Phi) is 5.54. The Labute approximate surface area is 180 Å². The molecule has 0 spiro atoms. The van der Waals surface area contributed by atoms with E-state index >= 15 is 0 Å². The van der Waals surface area contributed by atoms with Crippen molar-refractivity contribution in [3.8, 4) is 5.75 Å². The third kappa shape index (κ3) is 4.57. The van der Waals surface area contributed by atoms with Gasteiger partial charge < -0.3 is 9.47 Å². The van der Waals surface area contributed by atoms with Crippen molar-refractivity contribution in [2.75, 3.05) is 0 Å². The van der Waals surface area contributed by atoms with Gasteiger partial charge in [-0.05, 0) is 48.0 Å². The van der Waals surface area contributed by atoms with E-state index in [9.17, 15) is 24.1 Å². The summed E-state index contributed by atoms with van der Waals surface area (Å²) in [5, 5.41) is 10.9. The van der Waals surface area contributed by atoms with Crippen LogP contribution in [-0.2, 0) is 9.53 Å². The second kappa shape index (κ2) is 8.60. The average Bonchev–Trinajstić information content (AvgIpc) is 3.14. The van der Waals surface area contributed by atoms with Gasteiger partial charge in [-0.25, -0.2) is 19.0 Å². The van der Waals surface area contributed by atoms with E-state index in [2.05, 4.69) is 4.99 Å². The molecule has 9 heteroatoms. The number of esters is 2. The maximum absolute atomic E-state index is 13.4. The number of cyclic esters (lactones) is 1. The number of non-ortho nitro benzene ring substituents is 1. The minimum atomic E-state index is -0.773. The predicted octanol–water partition coefficient (Wildman–Crippen LogP) is 4.30. The first-order valence-electron chi connectivity index (χ1n) is 9.24. The van der Waals surface area contributed by atoms with Gasteiger partial charge >= 0.3 is 11.9 Å². The van der Waals surface area contributed by atoms with Gasteiger partial charge in [0.1, 0.15) is 11.6 Å². The van der Waals surface area contributed by atoms with Gasteiger partial charge in [-0.2, -0.15) is 0 Å². The lowest BCUT2D eigenvalue weighted by molar-refractivity contribution is -0.384. The second-order valence-corrected chi connectivity index (χ2v) is 6.62. The molecule has 0 fully saturated rings. The lowest BCUT2D eigenvalue weighted by Crippen LogP contribution is -2.08. The molecule has 0 saturated heterocycles. The lowest BCUT2D eigenvalue weighted by Gasteiger charge is -2.05. The van der Waals surface area contributed by atoms with Crippen molar-refractivity contribution in [3.63, 3.8) is 0 Å². The minimum absolute atomic E-state index is 0.00794. The van der Waals surface area contributed by atoms with E-state index < -0.39 is 22.7 Å². The molecule has 0 amide bonds. The number of carbonyl (C=O) groups excluding carboxylic acids is 2. The van der Waals surface area contributed by atoms with E-state index in [1.54, 1.807) is 18.2 Å². The second-order valence-electron chi connectivity index (χ2n) is 6.62. The number of rotatable bonds is 5. The van der Waals surface area contributed by atoms with Crippen molar-refractivity contribution in [1.82, 2.24) is 0 Å². The van der Waals surface area contributed by atoms with Crippen LogP contribution in [0.25, 0.3) is 6.08 Å². The predicted molar refractivity (Wildman–Crippen MR) is 112 cm³/mol. The number of nitrogens with zero attached hydrogens (tertiary/aromatic N) is 2. The molecule has 0 aromatic heterocycles. The molecular formula is C23H13FN2O6. The van der Waals surface area contributed by atoms with E-state index in [0.29, 0.717) is 11.1 Å². The van der Waals surface area contributed by atoms with Gasteiger partial charge in [0, 0.05) is 17.7 Å². The van der Waals surface area contributed by atoms with Gasteiger partial charge in [0.2, 0.25) is 5.90 Å². The van der Waals surface area contributed by atoms with Gasteiger partial charge in [-0.1, -0.05) is 24.3 Å². The fourth-order valence-electron chi connectivity index (χ4n) is 2.89. The standard InChI is InChI=1S/C23H13FN2O6/c24-17-7-2-5-15(12-17)21-25-20(23(28)32-21)11-14-4-1-9-19(10-14)31-22(27)16-6-3-8-18(13-16)26(29)30/h1-13H. The van der Waals surface area contributed by atoms with Crippen LogP contribution in [0.1, 0.15) is 21.5 Å². The number of carbonyl (C=O) groups is 2. The molecule has 158 valence electrons. The maximum atomic E-state index is 13.4. The van der Waals surface area contributed by atoms with E-state index in [0.717, 1.165) is 6.07 Å². The molecule has 0 radical (unpaired) electrons. The largest absolute Gasteiger partial charge is 0.423 e. The topological polar surface area (TPSA) is 108 Å². The minimum Gasteiger partial charge on any atom is -0.423 e.